The first-order chi connectivity index (χ1) is 9.22. The second-order valence-corrected chi connectivity index (χ2v) is 5.01. The Morgan fingerprint density at radius 3 is 2.89 bits per heavy atom. The highest BCUT2D eigenvalue weighted by molar-refractivity contribution is 7.99. The molecule has 0 radical (unpaired) electrons. The Kier molecular flexibility index (Phi) is 6.83. The minimum absolute atomic E-state index is 0.229. The van der Waals surface area contributed by atoms with Gasteiger partial charge in [-0.15, -0.1) is 11.8 Å². The molecule has 0 fully saturated rings. The molecule has 0 saturated carbocycles. The van der Waals surface area contributed by atoms with Crippen molar-refractivity contribution in [3.8, 4) is 6.07 Å². The summed E-state index contributed by atoms with van der Waals surface area (Å²) in [5.74, 6) is 0.689. The van der Waals surface area contributed by atoms with Crippen LogP contribution in [0.2, 0.25) is 0 Å². The molecule has 0 unspecified atom stereocenters. The Hall–Kier alpha value is -1.67. The van der Waals surface area contributed by atoms with Gasteiger partial charge in [-0.1, -0.05) is 13.0 Å². The summed E-state index contributed by atoms with van der Waals surface area (Å²) >= 11 is 1.63. The molecule has 0 atom stereocenters. The van der Waals surface area contributed by atoms with E-state index < -0.39 is 0 Å². The number of nitrogens with one attached hydrogen (secondary N) is 1. The van der Waals surface area contributed by atoms with E-state index in [2.05, 4.69) is 11.4 Å². The monoisotopic (exact) mass is 278 g/mol. The molecular formula is C14H18N2O2S. The van der Waals surface area contributed by atoms with Crippen LogP contribution in [0.4, 0.5) is 5.69 Å². The van der Waals surface area contributed by atoms with Crippen molar-refractivity contribution in [3.63, 3.8) is 0 Å². The summed E-state index contributed by atoms with van der Waals surface area (Å²) in [6.07, 6.45) is 0.295. The molecule has 1 rings (SSSR count). The number of hydrogen-bond acceptors (Lipinski definition) is 5. The molecule has 0 heterocycles. The van der Waals surface area contributed by atoms with Crippen molar-refractivity contribution in [2.45, 2.75) is 25.2 Å². The van der Waals surface area contributed by atoms with Crippen LogP contribution in [0.15, 0.2) is 23.1 Å². The Balaban J connectivity index is 2.65. The highest BCUT2D eigenvalue weighted by atomic mass is 32.2. The van der Waals surface area contributed by atoms with Crippen molar-refractivity contribution in [1.82, 2.24) is 0 Å². The van der Waals surface area contributed by atoms with Crippen LogP contribution in [0.3, 0.4) is 0 Å². The molecule has 19 heavy (non-hydrogen) atoms. The first-order valence-electron chi connectivity index (χ1n) is 6.28. The molecule has 0 aliphatic carbocycles. The van der Waals surface area contributed by atoms with Gasteiger partial charge < -0.3 is 10.1 Å². The standard InChI is InChI=1S/C14H18N2O2S/c1-3-18-14(17)8-9-16-12-6-5-7-13(19-4-2)11(12)10-15/h5-7,16H,3-4,8-9H2,1-2H3. The van der Waals surface area contributed by atoms with Gasteiger partial charge in [0.1, 0.15) is 6.07 Å². The van der Waals surface area contributed by atoms with E-state index in [0.717, 1.165) is 16.3 Å². The SMILES string of the molecule is CCOC(=O)CCNc1cccc(SCC)c1C#N. The van der Waals surface area contributed by atoms with Gasteiger partial charge in [0.2, 0.25) is 0 Å². The number of nitrogens with zero attached hydrogens (tertiary/aromatic N) is 1. The maximum atomic E-state index is 11.2. The number of hydrogen-bond donors (Lipinski definition) is 1. The number of carbonyl (C=O) groups is 1. The van der Waals surface area contributed by atoms with Crippen molar-refractivity contribution < 1.29 is 9.53 Å². The van der Waals surface area contributed by atoms with Gasteiger partial charge in [0, 0.05) is 11.4 Å². The first kappa shape index (κ1) is 15.4. The van der Waals surface area contributed by atoms with Crippen LogP contribution >= 0.6 is 11.8 Å². The zero-order chi connectivity index (χ0) is 14.1. The number of thioether (sulfide) groups is 1. The Morgan fingerprint density at radius 2 is 2.26 bits per heavy atom. The van der Waals surface area contributed by atoms with Crippen molar-refractivity contribution >= 4 is 23.4 Å². The van der Waals surface area contributed by atoms with Crippen LogP contribution in [-0.2, 0) is 9.53 Å². The average molecular weight is 278 g/mol. The van der Waals surface area contributed by atoms with E-state index in [1.807, 2.05) is 25.1 Å². The number of esters is 1. The van der Waals surface area contributed by atoms with Gasteiger partial charge in [0.05, 0.1) is 24.3 Å². The fourth-order valence-electron chi connectivity index (χ4n) is 1.60. The Bertz CT molecular complexity index is 469. The van der Waals surface area contributed by atoms with E-state index in [4.69, 9.17) is 4.74 Å². The lowest BCUT2D eigenvalue weighted by Crippen LogP contribution is -2.12. The van der Waals surface area contributed by atoms with E-state index >= 15 is 0 Å². The van der Waals surface area contributed by atoms with Gasteiger partial charge in [-0.05, 0) is 24.8 Å². The van der Waals surface area contributed by atoms with E-state index in [0.29, 0.717) is 25.1 Å². The third-order valence-corrected chi connectivity index (χ3v) is 3.33. The average Bonchev–Trinajstić information content (AvgIpc) is 2.40. The molecule has 0 bridgehead atoms. The van der Waals surface area contributed by atoms with Crippen LogP contribution in [0.25, 0.3) is 0 Å². The summed E-state index contributed by atoms with van der Waals surface area (Å²) in [5, 5.41) is 12.3. The lowest BCUT2D eigenvalue weighted by atomic mass is 10.2. The van der Waals surface area contributed by atoms with Crippen LogP contribution in [0.1, 0.15) is 25.8 Å². The maximum Gasteiger partial charge on any atom is 0.307 e. The fraction of sp³-hybridized carbons (Fsp3) is 0.429. The molecule has 0 spiro atoms. The summed E-state index contributed by atoms with van der Waals surface area (Å²) in [7, 11) is 0. The predicted molar refractivity (Wildman–Crippen MR) is 77.3 cm³/mol. The van der Waals surface area contributed by atoms with E-state index in [-0.39, 0.29) is 5.97 Å². The first-order valence-corrected chi connectivity index (χ1v) is 7.26. The van der Waals surface area contributed by atoms with E-state index in [1.165, 1.54) is 0 Å². The second-order valence-electron chi connectivity index (χ2n) is 3.71. The van der Waals surface area contributed by atoms with Crippen LogP contribution in [0.5, 0.6) is 0 Å². The third-order valence-electron chi connectivity index (χ3n) is 2.39. The summed E-state index contributed by atoms with van der Waals surface area (Å²) in [6, 6.07) is 7.91. The molecule has 1 aromatic rings. The van der Waals surface area contributed by atoms with Crippen molar-refractivity contribution in [2.75, 3.05) is 24.2 Å². The molecule has 5 heteroatoms. The van der Waals surface area contributed by atoms with E-state index in [1.54, 1.807) is 18.7 Å². The topological polar surface area (TPSA) is 62.1 Å². The number of rotatable bonds is 7. The van der Waals surface area contributed by atoms with E-state index in [9.17, 15) is 10.1 Å². The lowest BCUT2D eigenvalue weighted by molar-refractivity contribution is -0.142. The quantitative estimate of drug-likeness (QED) is 0.613. The molecule has 0 aliphatic heterocycles. The number of benzene rings is 1. The van der Waals surface area contributed by atoms with Gasteiger partial charge in [-0.2, -0.15) is 5.26 Å². The third kappa shape index (κ3) is 4.84. The van der Waals surface area contributed by atoms with Crippen molar-refractivity contribution in [3.05, 3.63) is 23.8 Å². The van der Waals surface area contributed by atoms with Crippen LogP contribution < -0.4 is 5.32 Å². The summed E-state index contributed by atoms with van der Waals surface area (Å²) in [4.78, 5) is 12.2. The van der Waals surface area contributed by atoms with Gasteiger partial charge in [0.15, 0.2) is 0 Å². The van der Waals surface area contributed by atoms with Gasteiger partial charge in [0.25, 0.3) is 0 Å². The largest absolute Gasteiger partial charge is 0.466 e. The van der Waals surface area contributed by atoms with Gasteiger partial charge >= 0.3 is 5.97 Å². The Labute approximate surface area is 118 Å². The minimum Gasteiger partial charge on any atom is -0.466 e. The maximum absolute atomic E-state index is 11.2. The van der Waals surface area contributed by atoms with Crippen molar-refractivity contribution in [1.29, 1.82) is 5.26 Å². The molecule has 102 valence electrons. The molecular weight excluding hydrogens is 260 g/mol. The highest BCUT2D eigenvalue weighted by Gasteiger charge is 2.08. The zero-order valence-electron chi connectivity index (χ0n) is 11.2. The zero-order valence-corrected chi connectivity index (χ0v) is 12.0. The minimum atomic E-state index is -0.229. The highest BCUT2D eigenvalue weighted by Crippen LogP contribution is 2.27. The molecule has 0 aliphatic rings. The molecule has 1 aromatic carbocycles. The molecule has 4 nitrogen and oxygen atoms in total. The van der Waals surface area contributed by atoms with Gasteiger partial charge in [-0.25, -0.2) is 0 Å². The molecule has 0 aromatic heterocycles. The summed E-state index contributed by atoms with van der Waals surface area (Å²) < 4.78 is 4.85. The number of ether oxygens (including phenoxy) is 1. The predicted octanol–water partition coefficient (Wildman–Crippen LogP) is 3.04. The summed E-state index contributed by atoms with van der Waals surface area (Å²) in [6.45, 7) is 4.69. The number of anilines is 1. The van der Waals surface area contributed by atoms with Crippen molar-refractivity contribution in [2.24, 2.45) is 0 Å². The molecule has 0 amide bonds. The molecule has 1 N–H and O–H groups in total. The molecule has 0 saturated heterocycles. The number of carbonyl (C=O) groups excluding carboxylic acids is 1. The second kappa shape index (κ2) is 8.44. The van der Waals surface area contributed by atoms with Crippen LogP contribution in [-0.4, -0.2) is 24.9 Å². The fourth-order valence-corrected chi connectivity index (χ4v) is 2.39. The lowest BCUT2D eigenvalue weighted by Gasteiger charge is -2.10. The Morgan fingerprint density at radius 1 is 1.47 bits per heavy atom. The smallest absolute Gasteiger partial charge is 0.307 e. The normalized spacial score (nSPS) is 9.74. The van der Waals surface area contributed by atoms with Crippen LogP contribution in [0, 0.1) is 11.3 Å². The number of nitriles is 1. The van der Waals surface area contributed by atoms with Gasteiger partial charge in [-0.3, -0.25) is 4.79 Å². The summed E-state index contributed by atoms with van der Waals surface area (Å²) in [5.41, 5.74) is 1.41.